The molecule has 0 aliphatic rings. The van der Waals surface area contributed by atoms with E-state index in [1.807, 2.05) is 0 Å². The minimum atomic E-state index is -0.853. The van der Waals surface area contributed by atoms with Crippen molar-refractivity contribution in [3.63, 3.8) is 0 Å². The molecule has 0 aliphatic carbocycles. The number of rotatable bonds is 4. The Kier molecular flexibility index (Phi) is 5.40. The van der Waals surface area contributed by atoms with Gasteiger partial charge >= 0.3 is 11.8 Å². The molecule has 0 aliphatic heterocycles. The van der Waals surface area contributed by atoms with E-state index in [1.54, 1.807) is 62.8 Å². The topological polar surface area (TPSA) is 92.7 Å². The fourth-order valence-corrected chi connectivity index (χ4v) is 1.71. The predicted octanol–water partition coefficient (Wildman–Crippen LogP) is 1.57. The van der Waals surface area contributed by atoms with Crippen LogP contribution in [0, 0.1) is 0 Å². The zero-order valence-corrected chi connectivity index (χ0v) is 12.7. The number of ether oxygens (including phenoxy) is 1. The molecular weight excluding hydrogens is 296 g/mol. The first-order valence-corrected chi connectivity index (χ1v) is 6.80. The van der Waals surface area contributed by atoms with Crippen LogP contribution < -0.4 is 15.5 Å². The van der Waals surface area contributed by atoms with Crippen LogP contribution in [0.5, 0.6) is 5.75 Å². The number of carbonyl (C=O) groups is 2. The molecule has 7 nitrogen and oxygen atoms in total. The maximum absolute atomic E-state index is 11.8. The van der Waals surface area contributed by atoms with Gasteiger partial charge in [-0.15, -0.1) is 0 Å². The summed E-state index contributed by atoms with van der Waals surface area (Å²) >= 11 is 0. The number of benzene rings is 1. The highest BCUT2D eigenvalue weighted by Gasteiger charge is 2.13. The highest BCUT2D eigenvalue weighted by Crippen LogP contribution is 2.14. The highest BCUT2D eigenvalue weighted by atomic mass is 16.5. The van der Waals surface area contributed by atoms with Crippen molar-refractivity contribution in [1.82, 2.24) is 10.4 Å². The number of carbonyl (C=O) groups excluding carboxylic acids is 2. The number of amides is 2. The van der Waals surface area contributed by atoms with Crippen LogP contribution in [0.3, 0.4) is 0 Å². The molecule has 118 valence electrons. The second-order valence-electron chi connectivity index (χ2n) is 4.56. The molecule has 2 rings (SSSR count). The first-order valence-electron chi connectivity index (χ1n) is 6.80. The standard InChI is InChI=1S/C16H16N4O3/c1-11(12-7-9-17-10-8-12)19-20-16(22)15(21)18-13-3-5-14(23-2)6-4-13/h3-10H,1-2H3,(H,18,21)(H,20,22)/b19-11+. The van der Waals surface area contributed by atoms with Crippen molar-refractivity contribution in [2.75, 3.05) is 12.4 Å². The van der Waals surface area contributed by atoms with Crippen molar-refractivity contribution in [2.24, 2.45) is 5.10 Å². The summed E-state index contributed by atoms with van der Waals surface area (Å²) in [5.41, 5.74) is 4.07. The van der Waals surface area contributed by atoms with E-state index in [2.05, 4.69) is 20.8 Å². The van der Waals surface area contributed by atoms with E-state index in [1.165, 1.54) is 0 Å². The van der Waals surface area contributed by atoms with Gasteiger partial charge in [0, 0.05) is 23.6 Å². The lowest BCUT2D eigenvalue weighted by molar-refractivity contribution is -0.136. The van der Waals surface area contributed by atoms with Gasteiger partial charge in [0.25, 0.3) is 0 Å². The van der Waals surface area contributed by atoms with Crippen LogP contribution in [-0.4, -0.2) is 29.6 Å². The zero-order valence-electron chi connectivity index (χ0n) is 12.7. The van der Waals surface area contributed by atoms with Crippen molar-refractivity contribution < 1.29 is 14.3 Å². The third-order valence-corrected chi connectivity index (χ3v) is 2.98. The average molecular weight is 312 g/mol. The van der Waals surface area contributed by atoms with Gasteiger partial charge in [0.2, 0.25) is 0 Å². The summed E-state index contributed by atoms with van der Waals surface area (Å²) in [6.45, 7) is 1.72. The van der Waals surface area contributed by atoms with Gasteiger partial charge in [-0.1, -0.05) is 0 Å². The van der Waals surface area contributed by atoms with Gasteiger partial charge < -0.3 is 10.1 Å². The van der Waals surface area contributed by atoms with E-state index >= 15 is 0 Å². The number of methoxy groups -OCH3 is 1. The molecule has 0 atom stereocenters. The highest BCUT2D eigenvalue weighted by molar-refractivity contribution is 6.39. The summed E-state index contributed by atoms with van der Waals surface area (Å²) < 4.78 is 5.01. The van der Waals surface area contributed by atoms with Gasteiger partial charge in [-0.05, 0) is 43.3 Å². The lowest BCUT2D eigenvalue weighted by Gasteiger charge is -2.06. The van der Waals surface area contributed by atoms with Crippen molar-refractivity contribution in [3.8, 4) is 5.75 Å². The smallest absolute Gasteiger partial charge is 0.329 e. The summed E-state index contributed by atoms with van der Waals surface area (Å²) in [6.07, 6.45) is 3.24. The van der Waals surface area contributed by atoms with Gasteiger partial charge in [0.05, 0.1) is 12.8 Å². The van der Waals surface area contributed by atoms with E-state index in [4.69, 9.17) is 4.74 Å². The van der Waals surface area contributed by atoms with Crippen molar-refractivity contribution >= 4 is 23.2 Å². The first kappa shape index (κ1) is 16.2. The minimum absolute atomic E-state index is 0.487. The number of hydrazone groups is 1. The molecule has 7 heteroatoms. The summed E-state index contributed by atoms with van der Waals surface area (Å²) in [7, 11) is 1.55. The van der Waals surface area contributed by atoms with Crippen LogP contribution in [0.25, 0.3) is 0 Å². The summed E-state index contributed by atoms with van der Waals surface area (Å²) in [6, 6.07) is 10.1. The molecule has 1 heterocycles. The second kappa shape index (κ2) is 7.69. The summed E-state index contributed by atoms with van der Waals surface area (Å²) in [5, 5.41) is 6.36. The molecular formula is C16H16N4O3. The van der Waals surface area contributed by atoms with Gasteiger partial charge in [-0.25, -0.2) is 5.43 Å². The number of pyridine rings is 1. The lowest BCUT2D eigenvalue weighted by atomic mass is 10.2. The van der Waals surface area contributed by atoms with Crippen LogP contribution in [0.2, 0.25) is 0 Å². The van der Waals surface area contributed by atoms with E-state index in [0.717, 1.165) is 5.56 Å². The Hall–Kier alpha value is -3.22. The number of anilines is 1. The fraction of sp³-hybridized carbons (Fsp3) is 0.125. The second-order valence-corrected chi connectivity index (χ2v) is 4.56. The molecule has 0 saturated heterocycles. The molecule has 2 amide bonds. The molecule has 2 aromatic rings. The fourth-order valence-electron chi connectivity index (χ4n) is 1.71. The largest absolute Gasteiger partial charge is 0.497 e. The van der Waals surface area contributed by atoms with E-state index in [0.29, 0.717) is 17.1 Å². The lowest BCUT2D eigenvalue weighted by Crippen LogP contribution is -2.32. The molecule has 23 heavy (non-hydrogen) atoms. The molecule has 2 N–H and O–H groups in total. The average Bonchev–Trinajstić information content (AvgIpc) is 2.60. The van der Waals surface area contributed by atoms with E-state index in [9.17, 15) is 9.59 Å². The zero-order chi connectivity index (χ0) is 16.7. The van der Waals surface area contributed by atoms with Crippen molar-refractivity contribution in [1.29, 1.82) is 0 Å². The maximum atomic E-state index is 11.8. The van der Waals surface area contributed by atoms with Crippen molar-refractivity contribution in [2.45, 2.75) is 6.92 Å². The Morgan fingerprint density at radius 3 is 2.30 bits per heavy atom. The maximum Gasteiger partial charge on any atom is 0.329 e. The number of nitrogens with one attached hydrogen (secondary N) is 2. The quantitative estimate of drug-likeness (QED) is 0.509. The van der Waals surface area contributed by atoms with E-state index < -0.39 is 11.8 Å². The number of hydrogen-bond donors (Lipinski definition) is 2. The Balaban J connectivity index is 1.93. The molecule has 0 fully saturated rings. The number of nitrogens with zero attached hydrogens (tertiary/aromatic N) is 2. The number of hydrogen-bond acceptors (Lipinski definition) is 5. The van der Waals surface area contributed by atoms with Gasteiger partial charge in [-0.2, -0.15) is 5.10 Å². The van der Waals surface area contributed by atoms with E-state index in [-0.39, 0.29) is 0 Å². The van der Waals surface area contributed by atoms with Gasteiger partial charge in [0.1, 0.15) is 5.75 Å². The monoisotopic (exact) mass is 312 g/mol. The molecule has 0 bridgehead atoms. The molecule has 1 aromatic heterocycles. The molecule has 0 saturated carbocycles. The van der Waals surface area contributed by atoms with Crippen LogP contribution >= 0.6 is 0 Å². The molecule has 0 spiro atoms. The first-order chi connectivity index (χ1) is 11.1. The van der Waals surface area contributed by atoms with Crippen LogP contribution in [0.1, 0.15) is 12.5 Å². The van der Waals surface area contributed by atoms with Crippen LogP contribution in [0.4, 0.5) is 5.69 Å². The van der Waals surface area contributed by atoms with Gasteiger partial charge in [0.15, 0.2) is 0 Å². The Labute approximate surface area is 133 Å². The van der Waals surface area contributed by atoms with Crippen LogP contribution in [-0.2, 0) is 9.59 Å². The summed E-state index contributed by atoms with van der Waals surface area (Å²) in [5.74, 6) is -0.999. The molecule has 0 radical (unpaired) electrons. The molecule has 1 aromatic carbocycles. The Morgan fingerprint density at radius 1 is 1.04 bits per heavy atom. The normalized spacial score (nSPS) is 10.8. The third-order valence-electron chi connectivity index (χ3n) is 2.98. The Morgan fingerprint density at radius 2 is 1.70 bits per heavy atom. The number of aromatic nitrogens is 1. The van der Waals surface area contributed by atoms with Crippen molar-refractivity contribution in [3.05, 3.63) is 54.4 Å². The van der Waals surface area contributed by atoms with Gasteiger partial charge in [-0.3, -0.25) is 14.6 Å². The third kappa shape index (κ3) is 4.63. The van der Waals surface area contributed by atoms with Crippen LogP contribution in [0.15, 0.2) is 53.9 Å². The molecule has 0 unspecified atom stereocenters. The minimum Gasteiger partial charge on any atom is -0.497 e. The predicted molar refractivity (Wildman–Crippen MR) is 86.2 cm³/mol. The Bertz CT molecular complexity index is 712. The summed E-state index contributed by atoms with van der Waals surface area (Å²) in [4.78, 5) is 27.4. The SMILES string of the molecule is COc1ccc(NC(=O)C(=O)N/N=C(\C)c2ccncc2)cc1.